The second-order valence-corrected chi connectivity index (χ2v) is 5.46. The standard InChI is InChI=1S/C16H23NO4/c1-16(2,15(20)21-3)17(11-7-10-14(18)19)12-13-8-5-4-6-9-13/h4-6,8-9H,7,10-12H2,1-3H3,(H,18,19). The van der Waals surface area contributed by atoms with Crippen LogP contribution in [-0.2, 0) is 20.9 Å². The monoisotopic (exact) mass is 293 g/mol. The lowest BCUT2D eigenvalue weighted by Crippen LogP contribution is -2.50. The Morgan fingerprint density at radius 1 is 1.24 bits per heavy atom. The summed E-state index contributed by atoms with van der Waals surface area (Å²) in [7, 11) is 1.36. The minimum absolute atomic E-state index is 0.0859. The Morgan fingerprint density at radius 3 is 2.38 bits per heavy atom. The highest BCUT2D eigenvalue weighted by molar-refractivity contribution is 5.79. The van der Waals surface area contributed by atoms with Gasteiger partial charge in [0.15, 0.2) is 0 Å². The maximum absolute atomic E-state index is 12.0. The van der Waals surface area contributed by atoms with E-state index in [1.54, 1.807) is 13.8 Å². The highest BCUT2D eigenvalue weighted by Crippen LogP contribution is 2.20. The van der Waals surface area contributed by atoms with E-state index in [1.807, 2.05) is 35.2 Å². The molecule has 116 valence electrons. The van der Waals surface area contributed by atoms with Crippen molar-refractivity contribution >= 4 is 11.9 Å². The number of hydrogen-bond donors (Lipinski definition) is 1. The highest BCUT2D eigenvalue weighted by atomic mass is 16.5. The average molecular weight is 293 g/mol. The normalized spacial score (nSPS) is 11.4. The molecule has 0 heterocycles. The summed E-state index contributed by atoms with van der Waals surface area (Å²) in [6.07, 6.45) is 0.575. The van der Waals surface area contributed by atoms with Gasteiger partial charge in [-0.25, -0.2) is 0 Å². The fraction of sp³-hybridized carbons (Fsp3) is 0.500. The molecule has 0 aliphatic rings. The molecule has 21 heavy (non-hydrogen) atoms. The number of hydrogen-bond acceptors (Lipinski definition) is 4. The predicted molar refractivity (Wildman–Crippen MR) is 79.8 cm³/mol. The van der Waals surface area contributed by atoms with Crippen LogP contribution in [0.25, 0.3) is 0 Å². The zero-order valence-corrected chi connectivity index (χ0v) is 12.8. The van der Waals surface area contributed by atoms with E-state index in [-0.39, 0.29) is 12.4 Å². The van der Waals surface area contributed by atoms with Crippen LogP contribution in [0.5, 0.6) is 0 Å². The molecule has 5 heteroatoms. The van der Waals surface area contributed by atoms with Gasteiger partial charge < -0.3 is 9.84 Å². The van der Waals surface area contributed by atoms with Crippen molar-refractivity contribution in [2.24, 2.45) is 0 Å². The lowest BCUT2D eigenvalue weighted by atomic mass is 10.0. The van der Waals surface area contributed by atoms with Gasteiger partial charge in [0.1, 0.15) is 5.54 Å². The number of esters is 1. The fourth-order valence-electron chi connectivity index (χ4n) is 2.16. The lowest BCUT2D eigenvalue weighted by Gasteiger charge is -2.36. The number of carbonyl (C=O) groups excluding carboxylic acids is 1. The first-order chi connectivity index (χ1) is 9.87. The number of carbonyl (C=O) groups is 2. The van der Waals surface area contributed by atoms with Gasteiger partial charge in [-0.1, -0.05) is 30.3 Å². The predicted octanol–water partition coefficient (Wildman–Crippen LogP) is 2.30. The molecule has 1 N–H and O–H groups in total. The van der Waals surface area contributed by atoms with Crippen LogP contribution in [-0.4, -0.2) is 41.1 Å². The summed E-state index contributed by atoms with van der Waals surface area (Å²) in [6, 6.07) is 9.78. The second-order valence-electron chi connectivity index (χ2n) is 5.46. The van der Waals surface area contributed by atoms with Crippen molar-refractivity contribution in [3.05, 3.63) is 35.9 Å². The van der Waals surface area contributed by atoms with Crippen molar-refractivity contribution in [2.75, 3.05) is 13.7 Å². The molecule has 0 bridgehead atoms. The van der Waals surface area contributed by atoms with Crippen LogP contribution in [0.2, 0.25) is 0 Å². The Hall–Kier alpha value is -1.88. The van der Waals surface area contributed by atoms with Gasteiger partial charge >= 0.3 is 11.9 Å². The Kier molecular flexibility index (Phi) is 6.37. The lowest BCUT2D eigenvalue weighted by molar-refractivity contribution is -0.153. The minimum atomic E-state index is -0.828. The molecule has 0 amide bonds. The van der Waals surface area contributed by atoms with E-state index in [1.165, 1.54) is 7.11 Å². The van der Waals surface area contributed by atoms with Crippen molar-refractivity contribution in [1.82, 2.24) is 4.90 Å². The fourth-order valence-corrected chi connectivity index (χ4v) is 2.16. The Labute approximate surface area is 125 Å². The molecule has 1 aromatic carbocycles. The zero-order chi connectivity index (χ0) is 15.9. The summed E-state index contributed by atoms with van der Waals surface area (Å²) in [6.45, 7) is 4.68. The van der Waals surface area contributed by atoms with Crippen molar-refractivity contribution in [1.29, 1.82) is 0 Å². The van der Waals surface area contributed by atoms with Gasteiger partial charge in [-0.05, 0) is 25.8 Å². The van der Waals surface area contributed by atoms with Gasteiger partial charge in [0.2, 0.25) is 0 Å². The highest BCUT2D eigenvalue weighted by Gasteiger charge is 2.35. The molecule has 0 aliphatic heterocycles. The topological polar surface area (TPSA) is 66.8 Å². The molecule has 0 aliphatic carbocycles. The van der Waals surface area contributed by atoms with Gasteiger partial charge in [-0.3, -0.25) is 14.5 Å². The molecule has 0 atom stereocenters. The van der Waals surface area contributed by atoms with Crippen molar-refractivity contribution < 1.29 is 19.4 Å². The van der Waals surface area contributed by atoms with Crippen molar-refractivity contribution in [2.45, 2.75) is 38.8 Å². The van der Waals surface area contributed by atoms with Crippen LogP contribution in [0.3, 0.4) is 0 Å². The number of carboxylic acids is 1. The van der Waals surface area contributed by atoms with E-state index in [9.17, 15) is 9.59 Å². The minimum Gasteiger partial charge on any atom is -0.481 e. The van der Waals surface area contributed by atoms with Gasteiger partial charge in [-0.2, -0.15) is 0 Å². The second kappa shape index (κ2) is 7.78. The van der Waals surface area contributed by atoms with Crippen LogP contribution in [0.4, 0.5) is 0 Å². The van der Waals surface area contributed by atoms with E-state index < -0.39 is 11.5 Å². The van der Waals surface area contributed by atoms with E-state index in [0.29, 0.717) is 19.5 Å². The number of rotatable bonds is 8. The SMILES string of the molecule is COC(=O)C(C)(C)N(CCCC(=O)O)Cc1ccccc1. The van der Waals surface area contributed by atoms with Crippen LogP contribution >= 0.6 is 0 Å². The number of methoxy groups -OCH3 is 1. The van der Waals surface area contributed by atoms with Gasteiger partial charge in [-0.15, -0.1) is 0 Å². The van der Waals surface area contributed by atoms with Gasteiger partial charge in [0, 0.05) is 19.5 Å². The molecule has 1 rings (SSSR count). The van der Waals surface area contributed by atoms with Crippen LogP contribution in [0.1, 0.15) is 32.3 Å². The largest absolute Gasteiger partial charge is 0.481 e. The summed E-state index contributed by atoms with van der Waals surface area (Å²) in [5.74, 6) is -1.15. The third kappa shape index (κ3) is 5.19. The molecule has 0 fully saturated rings. The van der Waals surface area contributed by atoms with E-state index in [2.05, 4.69) is 0 Å². The van der Waals surface area contributed by atoms with Gasteiger partial charge in [0.25, 0.3) is 0 Å². The maximum atomic E-state index is 12.0. The first kappa shape index (κ1) is 17.2. The molecular weight excluding hydrogens is 270 g/mol. The first-order valence-corrected chi connectivity index (χ1v) is 6.97. The number of benzene rings is 1. The number of nitrogens with zero attached hydrogens (tertiary/aromatic N) is 1. The van der Waals surface area contributed by atoms with Crippen LogP contribution in [0.15, 0.2) is 30.3 Å². The number of aliphatic carboxylic acids is 1. The van der Waals surface area contributed by atoms with Crippen LogP contribution in [0, 0.1) is 0 Å². The molecule has 0 aromatic heterocycles. The summed E-state index contributed by atoms with van der Waals surface area (Å²) in [5.41, 5.74) is 0.271. The maximum Gasteiger partial charge on any atom is 0.325 e. The Balaban J connectivity index is 2.83. The Morgan fingerprint density at radius 2 is 1.86 bits per heavy atom. The summed E-state index contributed by atoms with van der Waals surface area (Å²) < 4.78 is 4.86. The van der Waals surface area contributed by atoms with E-state index >= 15 is 0 Å². The smallest absolute Gasteiger partial charge is 0.325 e. The molecule has 5 nitrogen and oxygen atoms in total. The van der Waals surface area contributed by atoms with Crippen LogP contribution < -0.4 is 0 Å². The molecule has 0 saturated heterocycles. The summed E-state index contributed by atoms with van der Waals surface area (Å²) in [5, 5.41) is 8.76. The molecule has 0 unspecified atom stereocenters. The summed E-state index contributed by atoms with van der Waals surface area (Å²) in [4.78, 5) is 24.6. The average Bonchev–Trinajstić information content (AvgIpc) is 2.46. The third-order valence-corrected chi connectivity index (χ3v) is 3.51. The van der Waals surface area contributed by atoms with E-state index in [0.717, 1.165) is 5.56 Å². The molecule has 0 spiro atoms. The number of carboxylic acid groups (broad SMARTS) is 1. The van der Waals surface area contributed by atoms with Crippen molar-refractivity contribution in [3.8, 4) is 0 Å². The molecule has 0 radical (unpaired) electrons. The quantitative estimate of drug-likeness (QED) is 0.745. The molecule has 0 saturated carbocycles. The number of ether oxygens (including phenoxy) is 1. The molecule has 1 aromatic rings. The van der Waals surface area contributed by atoms with Crippen molar-refractivity contribution in [3.63, 3.8) is 0 Å². The zero-order valence-electron chi connectivity index (χ0n) is 12.8. The van der Waals surface area contributed by atoms with Gasteiger partial charge in [0.05, 0.1) is 7.11 Å². The van der Waals surface area contributed by atoms with E-state index in [4.69, 9.17) is 9.84 Å². The third-order valence-electron chi connectivity index (χ3n) is 3.51. The Bertz CT molecular complexity index is 470. The molecular formula is C16H23NO4. The first-order valence-electron chi connectivity index (χ1n) is 6.97. The summed E-state index contributed by atoms with van der Waals surface area (Å²) >= 11 is 0.